The van der Waals surface area contributed by atoms with Crippen LogP contribution >= 0.6 is 15.6 Å². The van der Waals surface area contributed by atoms with Gasteiger partial charge in [-0.05, 0) is 0 Å². The van der Waals surface area contributed by atoms with E-state index in [0.29, 0.717) is 0 Å². The third kappa shape index (κ3) is 6.66. The first-order valence-corrected chi connectivity index (χ1v) is 7.25. The van der Waals surface area contributed by atoms with Crippen LogP contribution in [0.15, 0.2) is 0 Å². The topological polar surface area (TPSA) is 191 Å². The van der Waals surface area contributed by atoms with Crippen LogP contribution in [-0.4, -0.2) is 61.2 Å². The summed E-state index contributed by atoms with van der Waals surface area (Å²) in [6, 6.07) is 0. The van der Waals surface area contributed by atoms with Gasteiger partial charge in [-0.15, -0.1) is 0 Å². The van der Waals surface area contributed by atoms with Crippen LogP contribution in [0.2, 0.25) is 0 Å². The van der Waals surface area contributed by atoms with Crippen LogP contribution in [0.3, 0.4) is 0 Å². The zero-order valence-corrected chi connectivity index (χ0v) is 10.4. The van der Waals surface area contributed by atoms with E-state index in [-0.39, 0.29) is 6.29 Å². The second-order valence-corrected chi connectivity index (χ2v) is 5.77. The van der Waals surface area contributed by atoms with E-state index in [9.17, 15) is 19.0 Å². The molecule has 0 aromatic heterocycles. The highest BCUT2D eigenvalue weighted by Gasteiger charge is 2.38. The van der Waals surface area contributed by atoms with E-state index in [1.54, 1.807) is 0 Å². The summed E-state index contributed by atoms with van der Waals surface area (Å²) < 4.78 is 28.6. The van der Waals surface area contributed by atoms with Crippen LogP contribution in [0.1, 0.15) is 0 Å². The van der Waals surface area contributed by atoms with Gasteiger partial charge in [0.2, 0.25) is 0 Å². The van der Waals surface area contributed by atoms with Crippen LogP contribution < -0.4 is 0 Å². The maximum atomic E-state index is 11.0. The van der Waals surface area contributed by atoms with E-state index >= 15 is 0 Å². The lowest BCUT2D eigenvalue weighted by molar-refractivity contribution is -0.126. The van der Waals surface area contributed by atoms with Gasteiger partial charge in [-0.1, -0.05) is 0 Å². The molecule has 11 nitrogen and oxygen atoms in total. The number of hydrogen-bond donors (Lipinski definition) is 6. The fourth-order valence-electron chi connectivity index (χ4n) is 0.802. The molecular weight excluding hydrogens is 298 g/mol. The van der Waals surface area contributed by atoms with E-state index in [4.69, 9.17) is 24.9 Å². The van der Waals surface area contributed by atoms with Crippen molar-refractivity contribution in [2.75, 3.05) is 6.61 Å². The SMILES string of the molecule is O=C[C@H](OP(=O)(O)OP(=O)(O)O)[C@H](O)[C@H](O)CO. The number of phosphoric acid groups is 2. The Morgan fingerprint density at radius 2 is 1.67 bits per heavy atom. The second kappa shape index (κ2) is 6.83. The number of carbonyl (C=O) groups is 1. The van der Waals surface area contributed by atoms with Crippen LogP contribution in [-0.2, 0) is 22.8 Å². The molecule has 0 bridgehead atoms. The van der Waals surface area contributed by atoms with Gasteiger partial charge < -0.3 is 34.8 Å². The maximum absolute atomic E-state index is 11.0. The maximum Gasteiger partial charge on any atom is 0.481 e. The van der Waals surface area contributed by atoms with Crippen molar-refractivity contribution < 1.29 is 52.8 Å². The van der Waals surface area contributed by atoms with Crippen molar-refractivity contribution in [3.63, 3.8) is 0 Å². The van der Waals surface area contributed by atoms with Crippen molar-refractivity contribution >= 4 is 21.9 Å². The molecule has 0 heterocycles. The molecule has 0 aromatic carbocycles. The second-order valence-electron chi connectivity index (χ2n) is 2.99. The van der Waals surface area contributed by atoms with Gasteiger partial charge in [-0.2, -0.15) is 4.31 Å². The molecule has 0 saturated heterocycles. The number of rotatable bonds is 8. The van der Waals surface area contributed by atoms with E-state index in [2.05, 4.69) is 8.83 Å². The minimum absolute atomic E-state index is 0.213. The highest BCUT2D eigenvalue weighted by atomic mass is 31.3. The Hall–Kier alpha value is -0.190. The lowest BCUT2D eigenvalue weighted by Crippen LogP contribution is -2.41. The molecule has 0 aromatic rings. The van der Waals surface area contributed by atoms with E-state index in [0.717, 1.165) is 0 Å². The van der Waals surface area contributed by atoms with Gasteiger partial charge in [0, 0.05) is 0 Å². The molecule has 1 unspecified atom stereocenters. The molecule has 108 valence electrons. The summed E-state index contributed by atoms with van der Waals surface area (Å²) in [6.07, 6.45) is -6.30. The zero-order valence-electron chi connectivity index (χ0n) is 8.64. The number of aldehydes is 1. The molecule has 0 aliphatic carbocycles. The largest absolute Gasteiger partial charge is 0.481 e. The Labute approximate surface area is 100 Å². The number of hydrogen-bond acceptors (Lipinski definition) is 8. The molecule has 0 spiro atoms. The van der Waals surface area contributed by atoms with E-state index in [1.807, 2.05) is 0 Å². The number of carbonyl (C=O) groups excluding carboxylic acids is 1. The van der Waals surface area contributed by atoms with Crippen molar-refractivity contribution in [2.45, 2.75) is 18.3 Å². The Bertz CT molecular complexity index is 362. The van der Waals surface area contributed by atoms with E-state index < -0.39 is 40.6 Å². The Kier molecular flexibility index (Phi) is 6.75. The van der Waals surface area contributed by atoms with Crippen molar-refractivity contribution in [3.05, 3.63) is 0 Å². The molecule has 0 saturated carbocycles. The fourth-order valence-corrected chi connectivity index (χ4v) is 2.51. The van der Waals surface area contributed by atoms with Crippen molar-refractivity contribution in [1.29, 1.82) is 0 Å². The third-order valence-electron chi connectivity index (χ3n) is 1.52. The molecule has 0 amide bonds. The first-order valence-electron chi connectivity index (χ1n) is 4.23. The lowest BCUT2D eigenvalue weighted by atomic mass is 10.1. The van der Waals surface area contributed by atoms with Gasteiger partial charge in [0.25, 0.3) is 0 Å². The van der Waals surface area contributed by atoms with Gasteiger partial charge in [-0.3, -0.25) is 4.52 Å². The van der Waals surface area contributed by atoms with Gasteiger partial charge in [0.1, 0.15) is 12.2 Å². The van der Waals surface area contributed by atoms with E-state index in [1.165, 1.54) is 0 Å². The van der Waals surface area contributed by atoms with Crippen molar-refractivity contribution in [2.24, 2.45) is 0 Å². The zero-order chi connectivity index (χ0) is 14.6. The molecule has 0 radical (unpaired) electrons. The normalized spacial score (nSPS) is 20.8. The summed E-state index contributed by atoms with van der Waals surface area (Å²) >= 11 is 0. The monoisotopic (exact) mass is 310 g/mol. The van der Waals surface area contributed by atoms with Crippen LogP contribution in [0, 0.1) is 0 Å². The fraction of sp³-hybridized carbons (Fsp3) is 0.800. The minimum Gasteiger partial charge on any atom is -0.394 e. The van der Waals surface area contributed by atoms with Crippen molar-refractivity contribution in [3.8, 4) is 0 Å². The van der Waals surface area contributed by atoms with Crippen LogP contribution in [0.25, 0.3) is 0 Å². The Balaban J connectivity index is 4.77. The summed E-state index contributed by atoms with van der Waals surface area (Å²) in [4.78, 5) is 35.8. The van der Waals surface area contributed by atoms with Gasteiger partial charge in [0.05, 0.1) is 6.61 Å². The first kappa shape index (κ1) is 17.8. The smallest absolute Gasteiger partial charge is 0.394 e. The predicted molar refractivity (Wildman–Crippen MR) is 53.0 cm³/mol. The molecule has 13 heteroatoms. The minimum atomic E-state index is -5.36. The molecule has 0 fully saturated rings. The molecule has 18 heavy (non-hydrogen) atoms. The average molecular weight is 310 g/mol. The summed E-state index contributed by atoms with van der Waals surface area (Å²) in [7, 11) is -10.7. The summed E-state index contributed by atoms with van der Waals surface area (Å²) in [5, 5.41) is 26.6. The number of phosphoric ester groups is 1. The predicted octanol–water partition coefficient (Wildman–Crippen LogP) is -2.51. The Morgan fingerprint density at radius 1 is 1.17 bits per heavy atom. The van der Waals surface area contributed by atoms with Gasteiger partial charge >= 0.3 is 15.6 Å². The summed E-state index contributed by atoms with van der Waals surface area (Å²) in [5.41, 5.74) is 0. The first-order chi connectivity index (χ1) is 8.02. The van der Waals surface area contributed by atoms with Gasteiger partial charge in [-0.25, -0.2) is 9.13 Å². The van der Waals surface area contributed by atoms with Crippen LogP contribution in [0.5, 0.6) is 0 Å². The highest BCUT2D eigenvalue weighted by molar-refractivity contribution is 7.60. The summed E-state index contributed by atoms with van der Waals surface area (Å²) in [5.74, 6) is 0. The molecule has 0 aliphatic rings. The lowest BCUT2D eigenvalue weighted by Gasteiger charge is -2.23. The molecular formula is C5H12O11P2. The van der Waals surface area contributed by atoms with Crippen LogP contribution in [0.4, 0.5) is 0 Å². The third-order valence-corrected chi connectivity index (χ3v) is 3.70. The van der Waals surface area contributed by atoms with Gasteiger partial charge in [0.15, 0.2) is 12.4 Å². The summed E-state index contributed by atoms with van der Waals surface area (Å²) in [6.45, 7) is -0.982. The Morgan fingerprint density at radius 3 is 2.00 bits per heavy atom. The quantitative estimate of drug-likeness (QED) is 0.205. The molecule has 0 rings (SSSR count). The highest BCUT2D eigenvalue weighted by Crippen LogP contribution is 2.58. The number of aliphatic hydroxyl groups excluding tert-OH is 3. The number of aliphatic hydroxyl groups is 3. The molecule has 4 atom stereocenters. The average Bonchev–Trinajstić information content (AvgIpc) is 2.20. The molecule has 6 N–H and O–H groups in total. The molecule has 0 aliphatic heterocycles. The van der Waals surface area contributed by atoms with Crippen molar-refractivity contribution in [1.82, 2.24) is 0 Å². The standard InChI is InChI=1S/C5H12O11P2/c6-1-3(8)5(9)4(2-7)15-18(13,14)16-17(10,11)12/h2-6,8-9H,1H2,(H,13,14)(H2,10,11,12)/t3-,4+,5-/m1/s1.